The summed E-state index contributed by atoms with van der Waals surface area (Å²) in [7, 11) is 1.91. The van der Waals surface area contributed by atoms with E-state index in [-0.39, 0.29) is 11.9 Å². The lowest BCUT2D eigenvalue weighted by Gasteiger charge is -2.29. The Labute approximate surface area is 98.3 Å². The van der Waals surface area contributed by atoms with E-state index in [0.29, 0.717) is 19.1 Å². The number of nitrogens with zero attached hydrogens (tertiary/aromatic N) is 1. The highest BCUT2D eigenvalue weighted by Gasteiger charge is 2.22. The fourth-order valence-corrected chi connectivity index (χ4v) is 2.15. The zero-order chi connectivity index (χ0) is 12.0. The molecule has 0 saturated carbocycles. The van der Waals surface area contributed by atoms with Gasteiger partial charge in [0.2, 0.25) is 5.91 Å². The summed E-state index contributed by atoms with van der Waals surface area (Å²) < 4.78 is 5.34. The van der Waals surface area contributed by atoms with Gasteiger partial charge in [-0.1, -0.05) is 13.8 Å². The number of hydrogen-bond acceptors (Lipinski definition) is 3. The lowest BCUT2D eigenvalue weighted by molar-refractivity contribution is -0.133. The predicted octanol–water partition coefficient (Wildman–Crippen LogP) is 1.01. The third kappa shape index (κ3) is 3.76. The van der Waals surface area contributed by atoms with Crippen molar-refractivity contribution < 1.29 is 9.53 Å². The lowest BCUT2D eigenvalue weighted by atomic mass is 10.1. The third-order valence-corrected chi connectivity index (χ3v) is 3.30. The molecule has 1 fully saturated rings. The van der Waals surface area contributed by atoms with Gasteiger partial charge in [-0.2, -0.15) is 0 Å². The van der Waals surface area contributed by atoms with Crippen molar-refractivity contribution >= 4 is 5.91 Å². The van der Waals surface area contributed by atoms with Gasteiger partial charge in [-0.05, 0) is 12.8 Å². The summed E-state index contributed by atoms with van der Waals surface area (Å²) >= 11 is 0. The van der Waals surface area contributed by atoms with Gasteiger partial charge >= 0.3 is 0 Å². The van der Waals surface area contributed by atoms with Gasteiger partial charge in [0.15, 0.2) is 0 Å². The fraction of sp³-hybridized carbons (Fsp3) is 0.917. The van der Waals surface area contributed by atoms with Crippen LogP contribution in [0, 0.1) is 0 Å². The zero-order valence-corrected chi connectivity index (χ0v) is 10.7. The predicted molar refractivity (Wildman–Crippen MR) is 64.4 cm³/mol. The number of nitrogens with one attached hydrogen (secondary N) is 1. The SMILES string of the molecule is CCC(CC)N(C)C(=O)CC1COCCN1. The molecule has 1 rings (SSSR count). The first-order valence-electron chi connectivity index (χ1n) is 6.25. The van der Waals surface area contributed by atoms with Gasteiger partial charge in [0.1, 0.15) is 0 Å². The largest absolute Gasteiger partial charge is 0.378 e. The van der Waals surface area contributed by atoms with Crippen LogP contribution in [0.5, 0.6) is 0 Å². The molecule has 1 heterocycles. The van der Waals surface area contributed by atoms with Crippen molar-refractivity contribution in [1.29, 1.82) is 0 Å². The van der Waals surface area contributed by atoms with E-state index in [1.165, 1.54) is 0 Å². The molecular formula is C12H24N2O2. The second-order valence-electron chi connectivity index (χ2n) is 4.41. The summed E-state index contributed by atoms with van der Waals surface area (Å²) in [6, 6.07) is 0.565. The highest BCUT2D eigenvalue weighted by atomic mass is 16.5. The molecule has 1 aliphatic rings. The summed E-state index contributed by atoms with van der Waals surface area (Å²) in [5, 5.41) is 3.31. The van der Waals surface area contributed by atoms with E-state index in [4.69, 9.17) is 4.74 Å². The normalized spacial score (nSPS) is 21.1. The summed E-state index contributed by atoms with van der Waals surface area (Å²) in [6.45, 7) is 6.52. The minimum absolute atomic E-state index is 0.193. The van der Waals surface area contributed by atoms with Crippen LogP contribution in [0.15, 0.2) is 0 Å². The van der Waals surface area contributed by atoms with Crippen molar-refractivity contribution in [2.75, 3.05) is 26.8 Å². The van der Waals surface area contributed by atoms with E-state index in [1.54, 1.807) is 0 Å². The Kier molecular flexibility index (Phi) is 5.77. The number of carbonyl (C=O) groups excluding carboxylic acids is 1. The van der Waals surface area contributed by atoms with Gasteiger partial charge in [0, 0.05) is 32.1 Å². The lowest BCUT2D eigenvalue weighted by Crippen LogP contribution is -2.46. The molecule has 0 aromatic carbocycles. The maximum absolute atomic E-state index is 12.0. The van der Waals surface area contributed by atoms with Crippen LogP contribution in [0.1, 0.15) is 33.1 Å². The topological polar surface area (TPSA) is 41.6 Å². The second kappa shape index (κ2) is 6.86. The first-order chi connectivity index (χ1) is 7.69. The number of ether oxygens (including phenoxy) is 1. The smallest absolute Gasteiger partial charge is 0.224 e. The highest BCUT2D eigenvalue weighted by Crippen LogP contribution is 2.09. The van der Waals surface area contributed by atoms with Crippen LogP contribution in [-0.2, 0) is 9.53 Å². The summed E-state index contributed by atoms with van der Waals surface area (Å²) in [5.41, 5.74) is 0. The monoisotopic (exact) mass is 228 g/mol. The van der Waals surface area contributed by atoms with E-state index in [9.17, 15) is 4.79 Å². The van der Waals surface area contributed by atoms with E-state index in [0.717, 1.165) is 26.0 Å². The molecule has 0 aliphatic carbocycles. The molecular weight excluding hydrogens is 204 g/mol. The van der Waals surface area contributed by atoms with Crippen molar-refractivity contribution in [2.24, 2.45) is 0 Å². The van der Waals surface area contributed by atoms with Gasteiger partial charge in [0.05, 0.1) is 13.2 Å². The number of carbonyl (C=O) groups is 1. The Morgan fingerprint density at radius 3 is 2.69 bits per heavy atom. The summed E-state index contributed by atoms with van der Waals surface area (Å²) in [4.78, 5) is 13.9. The molecule has 1 atom stereocenters. The molecule has 1 unspecified atom stereocenters. The summed E-state index contributed by atoms with van der Waals surface area (Å²) in [5.74, 6) is 0.219. The number of hydrogen-bond donors (Lipinski definition) is 1. The Morgan fingerprint density at radius 2 is 2.19 bits per heavy atom. The van der Waals surface area contributed by atoms with Crippen molar-refractivity contribution in [3.8, 4) is 0 Å². The molecule has 0 bridgehead atoms. The molecule has 1 saturated heterocycles. The standard InChI is InChI=1S/C12H24N2O2/c1-4-11(5-2)14(3)12(15)8-10-9-16-7-6-13-10/h10-11,13H,4-9H2,1-3H3. The molecule has 0 aromatic heterocycles. The van der Waals surface area contributed by atoms with Crippen LogP contribution in [0.4, 0.5) is 0 Å². The number of morpholine rings is 1. The molecule has 0 spiro atoms. The van der Waals surface area contributed by atoms with Crippen LogP contribution in [0.2, 0.25) is 0 Å². The number of rotatable bonds is 5. The van der Waals surface area contributed by atoms with Crippen molar-refractivity contribution in [2.45, 2.75) is 45.2 Å². The quantitative estimate of drug-likeness (QED) is 0.763. The van der Waals surface area contributed by atoms with Gasteiger partial charge in [-0.3, -0.25) is 4.79 Å². The molecule has 16 heavy (non-hydrogen) atoms. The first-order valence-corrected chi connectivity index (χ1v) is 6.25. The van der Waals surface area contributed by atoms with Crippen LogP contribution in [-0.4, -0.2) is 49.7 Å². The van der Waals surface area contributed by atoms with Gasteiger partial charge in [0.25, 0.3) is 0 Å². The Morgan fingerprint density at radius 1 is 1.50 bits per heavy atom. The maximum atomic E-state index is 12.0. The van der Waals surface area contributed by atoms with Gasteiger partial charge < -0.3 is 15.0 Å². The highest BCUT2D eigenvalue weighted by molar-refractivity contribution is 5.76. The van der Waals surface area contributed by atoms with Crippen molar-refractivity contribution in [3.63, 3.8) is 0 Å². The Balaban J connectivity index is 2.37. The van der Waals surface area contributed by atoms with Gasteiger partial charge in [-0.15, -0.1) is 0 Å². The average molecular weight is 228 g/mol. The van der Waals surface area contributed by atoms with Crippen molar-refractivity contribution in [1.82, 2.24) is 10.2 Å². The maximum Gasteiger partial charge on any atom is 0.224 e. The molecule has 1 N–H and O–H groups in total. The second-order valence-corrected chi connectivity index (χ2v) is 4.41. The van der Waals surface area contributed by atoms with Crippen LogP contribution < -0.4 is 5.32 Å². The minimum atomic E-state index is 0.193. The van der Waals surface area contributed by atoms with Crippen molar-refractivity contribution in [3.05, 3.63) is 0 Å². The molecule has 0 aromatic rings. The summed E-state index contributed by atoms with van der Waals surface area (Å²) in [6.07, 6.45) is 2.59. The van der Waals surface area contributed by atoms with E-state index < -0.39 is 0 Å². The van der Waals surface area contributed by atoms with Gasteiger partial charge in [-0.25, -0.2) is 0 Å². The third-order valence-electron chi connectivity index (χ3n) is 3.30. The van der Waals surface area contributed by atoms with Crippen LogP contribution in [0.25, 0.3) is 0 Å². The van der Waals surface area contributed by atoms with Crippen LogP contribution in [0.3, 0.4) is 0 Å². The van der Waals surface area contributed by atoms with Crippen LogP contribution >= 0.6 is 0 Å². The average Bonchev–Trinajstić information content (AvgIpc) is 2.31. The first kappa shape index (κ1) is 13.5. The molecule has 94 valence electrons. The van der Waals surface area contributed by atoms with E-state index >= 15 is 0 Å². The molecule has 4 heteroatoms. The zero-order valence-electron chi connectivity index (χ0n) is 10.7. The fourth-order valence-electron chi connectivity index (χ4n) is 2.15. The minimum Gasteiger partial charge on any atom is -0.378 e. The Bertz CT molecular complexity index is 211. The van der Waals surface area contributed by atoms with E-state index in [2.05, 4.69) is 19.2 Å². The molecule has 1 amide bonds. The molecule has 0 radical (unpaired) electrons. The number of amides is 1. The van der Waals surface area contributed by atoms with E-state index in [1.807, 2.05) is 11.9 Å². The molecule has 1 aliphatic heterocycles. The Hall–Kier alpha value is -0.610. The molecule has 4 nitrogen and oxygen atoms in total.